The summed E-state index contributed by atoms with van der Waals surface area (Å²) >= 11 is 1.39. The number of benzene rings is 1. The Morgan fingerprint density at radius 1 is 1.19 bits per heavy atom. The topological polar surface area (TPSA) is 94.8 Å². The van der Waals surface area contributed by atoms with Gasteiger partial charge in [-0.05, 0) is 36.6 Å². The van der Waals surface area contributed by atoms with Crippen molar-refractivity contribution in [1.29, 1.82) is 0 Å². The lowest BCUT2D eigenvalue weighted by Gasteiger charge is -2.13. The molecule has 0 spiro atoms. The molecule has 3 heterocycles. The summed E-state index contributed by atoms with van der Waals surface area (Å²) in [7, 11) is 0. The summed E-state index contributed by atoms with van der Waals surface area (Å²) in [6.07, 6.45) is 1.78. The number of aryl methyl sites for hydroxylation is 1. The zero-order valence-electron chi connectivity index (χ0n) is 17.6. The van der Waals surface area contributed by atoms with E-state index in [0.29, 0.717) is 46.9 Å². The van der Waals surface area contributed by atoms with Crippen molar-refractivity contribution < 1.29 is 14.3 Å². The van der Waals surface area contributed by atoms with Gasteiger partial charge >= 0.3 is 0 Å². The van der Waals surface area contributed by atoms with Gasteiger partial charge in [0.1, 0.15) is 12.4 Å². The van der Waals surface area contributed by atoms with Gasteiger partial charge in [0.25, 0.3) is 5.56 Å². The monoisotopic (exact) mass is 442 g/mol. The fourth-order valence-electron chi connectivity index (χ4n) is 3.33. The average molecular weight is 443 g/mol. The lowest BCUT2D eigenvalue weighted by Crippen LogP contribution is -2.24. The summed E-state index contributed by atoms with van der Waals surface area (Å²) < 4.78 is 14.3. The SMILES string of the molecule is CC(C)CCn1c(=O)c2ccccc2n2c(SCC(O)COCc3ccco3)nnc12. The smallest absolute Gasteiger partial charge is 0.262 e. The molecule has 1 unspecified atom stereocenters. The summed E-state index contributed by atoms with van der Waals surface area (Å²) in [5.41, 5.74) is 0.707. The largest absolute Gasteiger partial charge is 0.467 e. The molecule has 0 radical (unpaired) electrons. The van der Waals surface area contributed by atoms with Crippen molar-refractivity contribution in [3.63, 3.8) is 0 Å². The van der Waals surface area contributed by atoms with Crippen LogP contribution in [0.3, 0.4) is 0 Å². The number of ether oxygens (including phenoxy) is 1. The van der Waals surface area contributed by atoms with E-state index in [1.807, 2.05) is 34.7 Å². The Labute approximate surface area is 183 Å². The number of nitrogens with zero attached hydrogens (tertiary/aromatic N) is 4. The van der Waals surface area contributed by atoms with Crippen LogP contribution in [-0.2, 0) is 17.9 Å². The van der Waals surface area contributed by atoms with E-state index in [-0.39, 0.29) is 12.2 Å². The second-order valence-corrected chi connectivity index (χ2v) is 8.82. The first-order valence-corrected chi connectivity index (χ1v) is 11.3. The van der Waals surface area contributed by atoms with E-state index in [9.17, 15) is 9.90 Å². The highest BCUT2D eigenvalue weighted by atomic mass is 32.2. The maximum absolute atomic E-state index is 13.1. The van der Waals surface area contributed by atoms with Gasteiger partial charge < -0.3 is 14.3 Å². The van der Waals surface area contributed by atoms with Crippen molar-refractivity contribution >= 4 is 28.4 Å². The lowest BCUT2D eigenvalue weighted by molar-refractivity contribution is 0.0328. The third-order valence-electron chi connectivity index (χ3n) is 4.95. The number of aliphatic hydroxyl groups is 1. The summed E-state index contributed by atoms with van der Waals surface area (Å²) in [5, 5.41) is 20.2. The molecule has 4 aromatic rings. The van der Waals surface area contributed by atoms with Crippen LogP contribution >= 0.6 is 11.8 Å². The molecule has 9 heteroatoms. The molecule has 0 fully saturated rings. The molecule has 1 N–H and O–H groups in total. The Kier molecular flexibility index (Phi) is 6.74. The van der Waals surface area contributed by atoms with Gasteiger partial charge in [0.15, 0.2) is 5.16 Å². The summed E-state index contributed by atoms with van der Waals surface area (Å²) in [6, 6.07) is 11.1. The van der Waals surface area contributed by atoms with Crippen LogP contribution in [0.25, 0.3) is 16.7 Å². The van der Waals surface area contributed by atoms with Crippen LogP contribution in [-0.4, -0.2) is 42.7 Å². The molecule has 164 valence electrons. The number of aliphatic hydroxyl groups excluding tert-OH is 1. The van der Waals surface area contributed by atoms with E-state index < -0.39 is 6.10 Å². The van der Waals surface area contributed by atoms with Crippen molar-refractivity contribution in [1.82, 2.24) is 19.2 Å². The summed E-state index contributed by atoms with van der Waals surface area (Å²) in [4.78, 5) is 13.1. The highest BCUT2D eigenvalue weighted by Gasteiger charge is 2.18. The Hall–Kier alpha value is -2.62. The van der Waals surface area contributed by atoms with Gasteiger partial charge in [0.2, 0.25) is 5.78 Å². The number of para-hydroxylation sites is 1. The van der Waals surface area contributed by atoms with Crippen molar-refractivity contribution in [3.8, 4) is 0 Å². The number of aromatic nitrogens is 4. The maximum Gasteiger partial charge on any atom is 0.262 e. The third-order valence-corrected chi connectivity index (χ3v) is 6.02. The van der Waals surface area contributed by atoms with Crippen LogP contribution in [0.1, 0.15) is 26.0 Å². The number of fused-ring (bicyclic) bond motifs is 3. The molecule has 3 aromatic heterocycles. The highest BCUT2D eigenvalue weighted by Crippen LogP contribution is 2.22. The quantitative estimate of drug-likeness (QED) is 0.376. The van der Waals surface area contributed by atoms with E-state index in [1.54, 1.807) is 16.9 Å². The van der Waals surface area contributed by atoms with Crippen molar-refractivity contribution in [3.05, 3.63) is 58.8 Å². The summed E-state index contributed by atoms with van der Waals surface area (Å²) in [5.74, 6) is 2.09. The Balaban J connectivity index is 1.55. The van der Waals surface area contributed by atoms with Crippen LogP contribution in [0.15, 0.2) is 57.0 Å². The molecule has 0 aliphatic carbocycles. The van der Waals surface area contributed by atoms with Crippen LogP contribution in [0.2, 0.25) is 0 Å². The Morgan fingerprint density at radius 3 is 2.81 bits per heavy atom. The fourth-order valence-corrected chi connectivity index (χ4v) is 4.17. The lowest BCUT2D eigenvalue weighted by atomic mass is 10.1. The van der Waals surface area contributed by atoms with Gasteiger partial charge in [-0.25, -0.2) is 0 Å². The van der Waals surface area contributed by atoms with Gasteiger partial charge in [0.05, 0.1) is 29.9 Å². The van der Waals surface area contributed by atoms with E-state index in [1.165, 1.54) is 11.8 Å². The van der Waals surface area contributed by atoms with Crippen LogP contribution in [0.5, 0.6) is 0 Å². The molecule has 1 atom stereocenters. The van der Waals surface area contributed by atoms with Gasteiger partial charge in [-0.15, -0.1) is 10.2 Å². The van der Waals surface area contributed by atoms with Crippen LogP contribution in [0.4, 0.5) is 0 Å². The number of hydrogen-bond donors (Lipinski definition) is 1. The molecule has 31 heavy (non-hydrogen) atoms. The molecule has 1 aromatic carbocycles. The third kappa shape index (κ3) is 4.84. The van der Waals surface area contributed by atoms with E-state index in [2.05, 4.69) is 24.0 Å². The Morgan fingerprint density at radius 2 is 2.03 bits per heavy atom. The van der Waals surface area contributed by atoms with Gasteiger partial charge in [-0.1, -0.05) is 37.7 Å². The van der Waals surface area contributed by atoms with Crippen LogP contribution in [0, 0.1) is 5.92 Å². The number of furan rings is 1. The van der Waals surface area contributed by atoms with Crippen LogP contribution < -0.4 is 5.56 Å². The maximum atomic E-state index is 13.1. The number of rotatable bonds is 10. The van der Waals surface area contributed by atoms with Crippen molar-refractivity contribution in [2.45, 2.75) is 44.7 Å². The predicted octanol–water partition coefficient (Wildman–Crippen LogP) is 3.35. The zero-order chi connectivity index (χ0) is 21.8. The molecule has 0 saturated heterocycles. The number of hydrogen-bond acceptors (Lipinski definition) is 7. The first-order valence-electron chi connectivity index (χ1n) is 10.3. The molecule has 0 bridgehead atoms. The molecular formula is C22H26N4O4S. The van der Waals surface area contributed by atoms with Gasteiger partial charge in [0, 0.05) is 12.3 Å². The van der Waals surface area contributed by atoms with Crippen molar-refractivity contribution in [2.24, 2.45) is 5.92 Å². The second kappa shape index (κ2) is 9.67. The highest BCUT2D eigenvalue weighted by molar-refractivity contribution is 7.99. The molecule has 8 nitrogen and oxygen atoms in total. The van der Waals surface area contributed by atoms with Crippen molar-refractivity contribution in [2.75, 3.05) is 12.4 Å². The first-order chi connectivity index (χ1) is 15.0. The van der Waals surface area contributed by atoms with E-state index in [0.717, 1.165) is 11.9 Å². The second-order valence-electron chi connectivity index (χ2n) is 7.83. The summed E-state index contributed by atoms with van der Waals surface area (Å²) in [6.45, 7) is 5.34. The van der Waals surface area contributed by atoms with E-state index in [4.69, 9.17) is 9.15 Å². The normalized spacial score (nSPS) is 12.9. The average Bonchev–Trinajstić information content (AvgIpc) is 3.42. The first kappa shape index (κ1) is 21.6. The predicted molar refractivity (Wildman–Crippen MR) is 119 cm³/mol. The molecule has 0 aliphatic rings. The van der Waals surface area contributed by atoms with Gasteiger partial charge in [-0.2, -0.15) is 0 Å². The molecule has 0 saturated carbocycles. The zero-order valence-corrected chi connectivity index (χ0v) is 18.4. The minimum absolute atomic E-state index is 0.0564. The fraction of sp³-hybridized carbons (Fsp3) is 0.409. The molecule has 4 rings (SSSR count). The molecule has 0 aliphatic heterocycles. The minimum atomic E-state index is -0.676. The van der Waals surface area contributed by atoms with Gasteiger partial charge in [-0.3, -0.25) is 13.8 Å². The number of thioether (sulfide) groups is 1. The molecule has 0 amide bonds. The standard InChI is InChI=1S/C22H26N4O4S/c1-15(2)9-10-25-20(28)18-7-3-4-8-19(18)26-21(25)23-24-22(26)31-14-16(27)12-29-13-17-6-5-11-30-17/h3-8,11,15-16,27H,9-10,12-14H2,1-2H3. The minimum Gasteiger partial charge on any atom is -0.467 e. The Bertz CT molecular complexity index is 1200. The molecular weight excluding hydrogens is 416 g/mol. The van der Waals surface area contributed by atoms with E-state index >= 15 is 0 Å².